The summed E-state index contributed by atoms with van der Waals surface area (Å²) in [4.78, 5) is 24.7. The van der Waals surface area contributed by atoms with Gasteiger partial charge in [0.05, 0.1) is 12.7 Å². The average Bonchev–Trinajstić information content (AvgIpc) is 3.12. The van der Waals surface area contributed by atoms with Gasteiger partial charge in [0.2, 0.25) is 0 Å². The van der Waals surface area contributed by atoms with Crippen LogP contribution in [0.5, 0.6) is 11.5 Å². The van der Waals surface area contributed by atoms with Gasteiger partial charge in [-0.25, -0.2) is 4.79 Å². The summed E-state index contributed by atoms with van der Waals surface area (Å²) in [5.74, 6) is 2.95. The van der Waals surface area contributed by atoms with E-state index in [1.165, 1.54) is 7.11 Å². The zero-order valence-electron chi connectivity index (χ0n) is 11.2. The van der Waals surface area contributed by atoms with E-state index in [9.17, 15) is 9.59 Å². The summed E-state index contributed by atoms with van der Waals surface area (Å²) < 4.78 is 11.2. The van der Waals surface area contributed by atoms with Gasteiger partial charge in [0.25, 0.3) is 0 Å². The van der Waals surface area contributed by atoms with Crippen molar-refractivity contribution >= 4 is 17.8 Å². The van der Waals surface area contributed by atoms with E-state index in [1.807, 2.05) is 5.94 Å². The fraction of sp³-hybridized carbons (Fsp3) is 0.400. The number of rotatable bonds is 3. The van der Waals surface area contributed by atoms with E-state index in [-0.39, 0.29) is 0 Å². The van der Waals surface area contributed by atoms with E-state index in [2.05, 4.69) is 4.90 Å². The van der Waals surface area contributed by atoms with Gasteiger partial charge < -0.3 is 9.47 Å². The van der Waals surface area contributed by atoms with Crippen molar-refractivity contribution in [2.75, 3.05) is 20.2 Å². The quantitative estimate of drug-likeness (QED) is 0.617. The lowest BCUT2D eigenvalue weighted by molar-refractivity contribution is 0.101. The number of ether oxygens (including phenoxy) is 2. The number of methoxy groups -OCH3 is 1. The Balaban J connectivity index is 2.11. The van der Waals surface area contributed by atoms with Crippen LogP contribution in [0.4, 0.5) is 0 Å². The van der Waals surface area contributed by atoms with Crippen molar-refractivity contribution < 1.29 is 19.1 Å². The number of nitrogens with zero attached hydrogens (tertiary/aromatic N) is 1. The molecule has 0 bridgehead atoms. The van der Waals surface area contributed by atoms with Crippen LogP contribution in [-0.4, -0.2) is 43.6 Å². The summed E-state index contributed by atoms with van der Waals surface area (Å²) in [6.07, 6.45) is 2.44. The Hall–Kier alpha value is -2.10. The number of hydrogen-bond donors (Lipinski definition) is 0. The van der Waals surface area contributed by atoms with Gasteiger partial charge in [-0.05, 0) is 25.0 Å². The van der Waals surface area contributed by atoms with Gasteiger partial charge in [0.1, 0.15) is 11.5 Å². The van der Waals surface area contributed by atoms with Crippen molar-refractivity contribution in [1.29, 1.82) is 0 Å². The molecule has 3 rings (SSSR count). The molecule has 0 amide bonds. The minimum atomic E-state index is -0.458. The molecule has 0 spiro atoms. The van der Waals surface area contributed by atoms with Crippen molar-refractivity contribution in [2.45, 2.75) is 19.1 Å². The third kappa shape index (κ3) is 1.83. The first-order valence-electron chi connectivity index (χ1n) is 6.62. The van der Waals surface area contributed by atoms with E-state index in [0.29, 0.717) is 28.2 Å². The van der Waals surface area contributed by atoms with Gasteiger partial charge >= 0.3 is 0 Å². The molecule has 1 atom stereocenters. The number of carbonyl (C=O) groups is 1. The second-order valence-electron chi connectivity index (χ2n) is 4.91. The Morgan fingerprint density at radius 3 is 2.75 bits per heavy atom. The molecule has 1 aromatic rings. The highest BCUT2D eigenvalue weighted by Crippen LogP contribution is 2.45. The predicted octanol–water partition coefficient (Wildman–Crippen LogP) is 1.54. The zero-order chi connectivity index (χ0) is 14.1. The van der Waals surface area contributed by atoms with Crippen LogP contribution in [0.15, 0.2) is 12.1 Å². The minimum Gasteiger partial charge on any atom is -0.493 e. The largest absolute Gasteiger partial charge is 0.493 e. The van der Waals surface area contributed by atoms with Crippen LogP contribution in [0.25, 0.3) is 5.57 Å². The Labute approximate surface area is 116 Å². The van der Waals surface area contributed by atoms with Gasteiger partial charge in [-0.3, -0.25) is 9.69 Å². The maximum Gasteiger partial charge on any atom is 0.190 e. The molecule has 1 fully saturated rings. The molecule has 0 radical (unpaired) electrons. The van der Waals surface area contributed by atoms with Crippen LogP contribution < -0.4 is 9.47 Å². The van der Waals surface area contributed by atoms with E-state index < -0.39 is 6.23 Å². The van der Waals surface area contributed by atoms with Crippen LogP contribution >= 0.6 is 0 Å². The zero-order valence-corrected chi connectivity index (χ0v) is 11.2. The van der Waals surface area contributed by atoms with Crippen molar-refractivity contribution in [3.8, 4) is 11.5 Å². The molecule has 0 N–H and O–H groups in total. The molecule has 104 valence electrons. The Bertz CT molecular complexity index is 598. The third-order valence-corrected chi connectivity index (χ3v) is 3.83. The molecule has 0 saturated carbocycles. The minimum absolute atomic E-state index is 0.392. The number of likely N-dealkylation sites (tertiary alicyclic amines) is 1. The van der Waals surface area contributed by atoms with Gasteiger partial charge in [-0.2, -0.15) is 0 Å². The van der Waals surface area contributed by atoms with Crippen LogP contribution in [0, 0.1) is 0 Å². The van der Waals surface area contributed by atoms with Crippen LogP contribution in [-0.2, 0) is 4.79 Å². The molecule has 5 heteroatoms. The summed E-state index contributed by atoms with van der Waals surface area (Å²) in [6, 6.07) is 3.31. The molecule has 0 aliphatic carbocycles. The number of fused-ring (bicyclic) bond motifs is 1. The average molecular weight is 273 g/mol. The van der Waals surface area contributed by atoms with Crippen molar-refractivity contribution in [3.63, 3.8) is 0 Å². The molecule has 1 aromatic carbocycles. The molecule has 2 heterocycles. The van der Waals surface area contributed by atoms with Crippen molar-refractivity contribution in [2.24, 2.45) is 0 Å². The second kappa shape index (κ2) is 5.12. The smallest absolute Gasteiger partial charge is 0.190 e. The molecule has 2 aliphatic rings. The van der Waals surface area contributed by atoms with Gasteiger partial charge in [-0.1, -0.05) is 0 Å². The number of hydrogen-bond acceptors (Lipinski definition) is 5. The highest BCUT2D eigenvalue weighted by molar-refractivity contribution is 6.00. The summed E-state index contributed by atoms with van der Waals surface area (Å²) in [6.45, 7) is 1.76. The molecule has 1 unspecified atom stereocenters. The van der Waals surface area contributed by atoms with E-state index in [0.717, 1.165) is 32.2 Å². The molecular weight excluding hydrogens is 258 g/mol. The molecule has 20 heavy (non-hydrogen) atoms. The maximum absolute atomic E-state index is 11.4. The Morgan fingerprint density at radius 2 is 2.15 bits per heavy atom. The summed E-state index contributed by atoms with van der Waals surface area (Å²) in [5, 5.41) is 0. The lowest BCUT2D eigenvalue weighted by atomic mass is 10.0. The number of benzene rings is 1. The van der Waals surface area contributed by atoms with Gasteiger partial charge in [0, 0.05) is 18.7 Å². The molecule has 2 aliphatic heterocycles. The van der Waals surface area contributed by atoms with E-state index in [1.54, 1.807) is 12.1 Å². The van der Waals surface area contributed by atoms with Crippen LogP contribution in [0.2, 0.25) is 0 Å². The standard InChI is InChI=1S/C15H15NO4/c1-19-12-5-4-10(8-17)13-11(9-18)15(20-14(12)13)16-6-2-3-7-16/h4-5,8,15H,2-3,6-7H2,1H3. The number of carbonyl (C=O) groups excluding carboxylic acids is 2. The SMILES string of the molecule is COc1ccc(C=O)c2c1OC(N1CCCC1)C2=C=O. The maximum atomic E-state index is 11.4. The highest BCUT2D eigenvalue weighted by Gasteiger charge is 2.39. The first-order valence-corrected chi connectivity index (χ1v) is 6.62. The molecule has 5 nitrogen and oxygen atoms in total. The summed E-state index contributed by atoms with van der Waals surface area (Å²) in [5.41, 5.74) is 1.34. The Morgan fingerprint density at radius 1 is 1.40 bits per heavy atom. The second-order valence-corrected chi connectivity index (χ2v) is 4.91. The highest BCUT2D eigenvalue weighted by atomic mass is 16.5. The van der Waals surface area contributed by atoms with E-state index in [4.69, 9.17) is 9.47 Å². The fourth-order valence-corrected chi connectivity index (χ4v) is 2.86. The predicted molar refractivity (Wildman–Crippen MR) is 72.7 cm³/mol. The monoisotopic (exact) mass is 273 g/mol. The molecule has 0 aromatic heterocycles. The lowest BCUT2D eigenvalue weighted by Crippen LogP contribution is -2.35. The fourth-order valence-electron chi connectivity index (χ4n) is 2.86. The van der Waals surface area contributed by atoms with Crippen LogP contribution in [0.3, 0.4) is 0 Å². The van der Waals surface area contributed by atoms with Crippen molar-refractivity contribution in [3.05, 3.63) is 23.3 Å². The Kier molecular flexibility index (Phi) is 3.30. The normalized spacial score (nSPS) is 21.2. The van der Waals surface area contributed by atoms with Crippen molar-refractivity contribution in [1.82, 2.24) is 4.90 Å². The first-order chi connectivity index (χ1) is 9.80. The van der Waals surface area contributed by atoms with Crippen LogP contribution in [0.1, 0.15) is 28.8 Å². The molecular formula is C15H15NO4. The van der Waals surface area contributed by atoms with Gasteiger partial charge in [0.15, 0.2) is 24.0 Å². The summed E-state index contributed by atoms with van der Waals surface area (Å²) >= 11 is 0. The first kappa shape index (κ1) is 12.9. The lowest BCUT2D eigenvalue weighted by Gasteiger charge is -2.22. The third-order valence-electron chi connectivity index (χ3n) is 3.83. The molecule has 1 saturated heterocycles. The van der Waals surface area contributed by atoms with Gasteiger partial charge in [-0.15, -0.1) is 0 Å². The topological polar surface area (TPSA) is 55.8 Å². The van der Waals surface area contributed by atoms with E-state index >= 15 is 0 Å². The summed E-state index contributed by atoms with van der Waals surface area (Å²) in [7, 11) is 1.53. The number of aldehydes is 1.